The number of hydrogen-bond acceptors (Lipinski definition) is 2. The summed E-state index contributed by atoms with van der Waals surface area (Å²) in [4.78, 5) is 2.29. The van der Waals surface area contributed by atoms with Crippen LogP contribution in [0.2, 0.25) is 0 Å². The minimum absolute atomic E-state index is 0.208. The van der Waals surface area contributed by atoms with Crippen molar-refractivity contribution in [2.45, 2.75) is 39.4 Å². The predicted octanol–water partition coefficient (Wildman–Crippen LogP) is 2.16. The number of rotatable bonds is 4. The summed E-state index contributed by atoms with van der Waals surface area (Å²) in [5.74, 6) is 0. The van der Waals surface area contributed by atoms with Gasteiger partial charge in [-0.05, 0) is 33.4 Å². The first-order valence-corrected chi connectivity index (χ1v) is 5.52. The van der Waals surface area contributed by atoms with Crippen molar-refractivity contribution in [2.75, 3.05) is 7.05 Å². The molecule has 0 saturated carbocycles. The lowest BCUT2D eigenvalue weighted by Crippen LogP contribution is -2.41. The third-order valence-electron chi connectivity index (χ3n) is 2.97. The Morgan fingerprint density at radius 1 is 1.33 bits per heavy atom. The van der Waals surface area contributed by atoms with Crippen LogP contribution in [0, 0.1) is 6.92 Å². The van der Waals surface area contributed by atoms with Crippen LogP contribution in [0.5, 0.6) is 0 Å². The van der Waals surface area contributed by atoms with Gasteiger partial charge in [-0.1, -0.05) is 29.8 Å². The summed E-state index contributed by atoms with van der Waals surface area (Å²) < 4.78 is 0. The Morgan fingerprint density at radius 3 is 2.53 bits per heavy atom. The van der Waals surface area contributed by atoms with Crippen molar-refractivity contribution in [3.05, 3.63) is 35.4 Å². The lowest BCUT2D eigenvalue weighted by Gasteiger charge is -2.27. The molecule has 0 bridgehead atoms. The summed E-state index contributed by atoms with van der Waals surface area (Å²) >= 11 is 0. The molecule has 0 fully saturated rings. The second-order valence-electron chi connectivity index (χ2n) is 4.50. The second kappa shape index (κ2) is 5.29. The van der Waals surface area contributed by atoms with Crippen molar-refractivity contribution < 1.29 is 0 Å². The largest absolute Gasteiger partial charge is 0.327 e. The Kier molecular flexibility index (Phi) is 4.30. The Morgan fingerprint density at radius 2 is 2.00 bits per heavy atom. The number of aryl methyl sites for hydroxylation is 1. The minimum Gasteiger partial charge on any atom is -0.327 e. The van der Waals surface area contributed by atoms with Crippen LogP contribution >= 0.6 is 0 Å². The van der Waals surface area contributed by atoms with Crippen LogP contribution in [0.25, 0.3) is 0 Å². The van der Waals surface area contributed by atoms with Crippen LogP contribution < -0.4 is 5.73 Å². The van der Waals surface area contributed by atoms with E-state index >= 15 is 0 Å². The normalized spacial score (nSPS) is 15.3. The Hall–Kier alpha value is -0.860. The van der Waals surface area contributed by atoms with Gasteiger partial charge in [-0.3, -0.25) is 4.90 Å². The highest BCUT2D eigenvalue weighted by Gasteiger charge is 2.13. The van der Waals surface area contributed by atoms with Gasteiger partial charge in [0, 0.05) is 18.6 Å². The molecule has 0 aliphatic heterocycles. The van der Waals surface area contributed by atoms with E-state index in [4.69, 9.17) is 5.73 Å². The molecule has 2 nitrogen and oxygen atoms in total. The molecule has 0 aromatic heterocycles. The molecule has 2 N–H and O–H groups in total. The van der Waals surface area contributed by atoms with E-state index in [1.807, 2.05) is 0 Å². The highest BCUT2D eigenvalue weighted by Crippen LogP contribution is 2.09. The number of nitrogens with two attached hydrogens (primary N) is 1. The van der Waals surface area contributed by atoms with Crippen LogP contribution in [0.15, 0.2) is 24.3 Å². The molecule has 15 heavy (non-hydrogen) atoms. The molecule has 0 spiro atoms. The zero-order chi connectivity index (χ0) is 11.4. The smallest absolute Gasteiger partial charge is 0.0234 e. The second-order valence-corrected chi connectivity index (χ2v) is 4.50. The number of likely N-dealkylation sites (N-methyl/N-ethyl adjacent to an activating group) is 1. The maximum absolute atomic E-state index is 5.88. The molecule has 84 valence electrons. The van der Waals surface area contributed by atoms with Gasteiger partial charge >= 0.3 is 0 Å². The first kappa shape index (κ1) is 12.2. The number of hydrogen-bond donors (Lipinski definition) is 1. The van der Waals surface area contributed by atoms with Gasteiger partial charge in [0.1, 0.15) is 0 Å². The fraction of sp³-hybridized carbons (Fsp3) is 0.538. The summed E-state index contributed by atoms with van der Waals surface area (Å²) in [5.41, 5.74) is 8.54. The van der Waals surface area contributed by atoms with E-state index in [2.05, 4.69) is 57.0 Å². The fourth-order valence-electron chi connectivity index (χ4n) is 1.64. The lowest BCUT2D eigenvalue weighted by molar-refractivity contribution is 0.225. The molecule has 1 aromatic rings. The van der Waals surface area contributed by atoms with Crippen molar-refractivity contribution >= 4 is 0 Å². The van der Waals surface area contributed by atoms with Gasteiger partial charge in [0.2, 0.25) is 0 Å². The van der Waals surface area contributed by atoms with E-state index in [9.17, 15) is 0 Å². The standard InChI is InChI=1S/C13H22N2/c1-10-6-5-7-13(8-10)9-15(4)12(3)11(2)14/h5-8,11-12H,9,14H2,1-4H3. The topological polar surface area (TPSA) is 29.3 Å². The molecule has 0 radical (unpaired) electrons. The maximum atomic E-state index is 5.88. The van der Waals surface area contributed by atoms with Gasteiger partial charge in [0.15, 0.2) is 0 Å². The number of benzene rings is 1. The van der Waals surface area contributed by atoms with Crippen LogP contribution in [-0.4, -0.2) is 24.0 Å². The molecule has 0 aliphatic rings. The van der Waals surface area contributed by atoms with Crippen molar-refractivity contribution in [3.63, 3.8) is 0 Å². The zero-order valence-corrected chi connectivity index (χ0v) is 10.2. The highest BCUT2D eigenvalue weighted by molar-refractivity contribution is 5.22. The van der Waals surface area contributed by atoms with Gasteiger partial charge in [-0.2, -0.15) is 0 Å². The van der Waals surface area contributed by atoms with Crippen LogP contribution in [0.3, 0.4) is 0 Å². The van der Waals surface area contributed by atoms with E-state index < -0.39 is 0 Å². The van der Waals surface area contributed by atoms with E-state index in [1.165, 1.54) is 11.1 Å². The van der Waals surface area contributed by atoms with Gasteiger partial charge in [-0.25, -0.2) is 0 Å². The number of nitrogens with zero attached hydrogens (tertiary/aromatic N) is 1. The quantitative estimate of drug-likeness (QED) is 0.818. The van der Waals surface area contributed by atoms with Crippen molar-refractivity contribution in [2.24, 2.45) is 5.73 Å². The van der Waals surface area contributed by atoms with E-state index in [0.29, 0.717) is 6.04 Å². The van der Waals surface area contributed by atoms with Crippen LogP contribution in [-0.2, 0) is 6.54 Å². The third-order valence-corrected chi connectivity index (χ3v) is 2.97. The average molecular weight is 206 g/mol. The molecule has 0 amide bonds. The lowest BCUT2D eigenvalue weighted by atomic mass is 10.1. The van der Waals surface area contributed by atoms with Gasteiger partial charge in [0.05, 0.1) is 0 Å². The Balaban J connectivity index is 2.62. The molecule has 2 heteroatoms. The fourth-order valence-corrected chi connectivity index (χ4v) is 1.64. The molecule has 1 rings (SSSR count). The monoisotopic (exact) mass is 206 g/mol. The highest BCUT2D eigenvalue weighted by atomic mass is 15.1. The van der Waals surface area contributed by atoms with Crippen LogP contribution in [0.1, 0.15) is 25.0 Å². The summed E-state index contributed by atoms with van der Waals surface area (Å²) in [7, 11) is 2.12. The predicted molar refractivity (Wildman–Crippen MR) is 65.8 cm³/mol. The minimum atomic E-state index is 0.208. The molecule has 2 unspecified atom stereocenters. The first-order valence-electron chi connectivity index (χ1n) is 5.52. The SMILES string of the molecule is Cc1cccc(CN(C)C(C)C(C)N)c1. The summed E-state index contributed by atoms with van der Waals surface area (Å²) in [5, 5.41) is 0. The van der Waals surface area contributed by atoms with E-state index in [1.54, 1.807) is 0 Å². The maximum Gasteiger partial charge on any atom is 0.0234 e. The van der Waals surface area contributed by atoms with Gasteiger partial charge < -0.3 is 5.73 Å². The molecule has 0 aliphatic carbocycles. The van der Waals surface area contributed by atoms with E-state index in [0.717, 1.165) is 6.54 Å². The molecule has 2 atom stereocenters. The zero-order valence-electron chi connectivity index (χ0n) is 10.2. The average Bonchev–Trinajstić information content (AvgIpc) is 2.16. The summed E-state index contributed by atoms with van der Waals surface area (Å²) in [6.45, 7) is 7.31. The van der Waals surface area contributed by atoms with Crippen molar-refractivity contribution in [3.8, 4) is 0 Å². The van der Waals surface area contributed by atoms with Crippen molar-refractivity contribution in [1.82, 2.24) is 4.90 Å². The third kappa shape index (κ3) is 3.65. The summed E-state index contributed by atoms with van der Waals surface area (Å²) in [6, 6.07) is 9.24. The van der Waals surface area contributed by atoms with Crippen LogP contribution in [0.4, 0.5) is 0 Å². The molecular formula is C13H22N2. The van der Waals surface area contributed by atoms with Gasteiger partial charge in [0.25, 0.3) is 0 Å². The molecule has 0 heterocycles. The first-order chi connectivity index (χ1) is 7.00. The molecule has 1 aromatic carbocycles. The van der Waals surface area contributed by atoms with E-state index in [-0.39, 0.29) is 6.04 Å². The molecular weight excluding hydrogens is 184 g/mol. The van der Waals surface area contributed by atoms with Gasteiger partial charge in [-0.15, -0.1) is 0 Å². The molecule has 0 saturated heterocycles. The Bertz CT molecular complexity index is 307. The summed E-state index contributed by atoms with van der Waals surface area (Å²) in [6.07, 6.45) is 0. The Labute approximate surface area is 93.1 Å². The van der Waals surface area contributed by atoms with Crippen molar-refractivity contribution in [1.29, 1.82) is 0 Å².